The van der Waals surface area contributed by atoms with Gasteiger partial charge in [-0.1, -0.05) is 28.3 Å². The number of rotatable bonds is 5. The number of anilines is 1. The van der Waals surface area contributed by atoms with Crippen molar-refractivity contribution in [1.82, 2.24) is 20.2 Å². The van der Waals surface area contributed by atoms with Crippen LogP contribution in [-0.2, 0) is 13.1 Å². The number of benzene rings is 1. The number of tetrazole rings is 1. The first-order valence-corrected chi connectivity index (χ1v) is 7.47. The van der Waals surface area contributed by atoms with Crippen molar-refractivity contribution in [2.75, 3.05) is 5.32 Å². The Balaban J connectivity index is 1.72. The zero-order valence-corrected chi connectivity index (χ0v) is 13.3. The summed E-state index contributed by atoms with van der Waals surface area (Å²) in [7, 11) is 0. The van der Waals surface area contributed by atoms with Gasteiger partial charge in [-0.15, -0.1) is 5.10 Å². The normalized spacial score (nSPS) is 10.9. The highest BCUT2D eigenvalue weighted by Crippen LogP contribution is 2.31. The van der Waals surface area contributed by atoms with Gasteiger partial charge in [0, 0.05) is 10.6 Å². The maximum absolute atomic E-state index is 6.17. The van der Waals surface area contributed by atoms with E-state index in [0.29, 0.717) is 34.8 Å². The van der Waals surface area contributed by atoms with Crippen molar-refractivity contribution in [3.05, 3.63) is 46.1 Å². The third kappa shape index (κ3) is 3.23. The van der Waals surface area contributed by atoms with Crippen LogP contribution in [0.15, 0.2) is 34.7 Å². The largest absolute Gasteiger partial charge is 0.459 e. The molecule has 0 radical (unpaired) electrons. The van der Waals surface area contributed by atoms with Gasteiger partial charge in [-0.25, -0.2) is 0 Å². The Bertz CT molecular complexity index is 783. The Labute approximate surface area is 137 Å². The average molecular weight is 338 g/mol. The molecule has 0 bridgehead atoms. The Hall–Kier alpha value is -2.05. The molecule has 0 aliphatic rings. The summed E-state index contributed by atoms with van der Waals surface area (Å²) in [5, 5.41) is 16.1. The van der Waals surface area contributed by atoms with Crippen molar-refractivity contribution in [3.8, 4) is 11.3 Å². The fraction of sp³-hybridized carbons (Fsp3) is 0.214. The fourth-order valence-electron chi connectivity index (χ4n) is 1.92. The molecule has 6 nitrogen and oxygen atoms in total. The molecule has 8 heteroatoms. The number of aryl methyl sites for hydroxylation is 1. The monoisotopic (exact) mass is 337 g/mol. The third-order valence-corrected chi connectivity index (χ3v) is 3.58. The van der Waals surface area contributed by atoms with Crippen LogP contribution in [-0.4, -0.2) is 20.2 Å². The van der Waals surface area contributed by atoms with Gasteiger partial charge in [-0.3, -0.25) is 0 Å². The minimum Gasteiger partial charge on any atom is -0.459 e. The molecule has 2 heterocycles. The molecule has 0 unspecified atom stereocenters. The van der Waals surface area contributed by atoms with E-state index in [2.05, 4.69) is 20.7 Å². The van der Waals surface area contributed by atoms with Crippen LogP contribution in [0, 0.1) is 0 Å². The van der Waals surface area contributed by atoms with Crippen LogP contribution in [0.25, 0.3) is 11.3 Å². The number of halogens is 2. The van der Waals surface area contributed by atoms with Crippen LogP contribution >= 0.6 is 23.2 Å². The molecular weight excluding hydrogens is 325 g/mol. The van der Waals surface area contributed by atoms with Gasteiger partial charge in [0.1, 0.15) is 11.5 Å². The topological polar surface area (TPSA) is 68.8 Å². The van der Waals surface area contributed by atoms with E-state index in [4.69, 9.17) is 27.6 Å². The second-order valence-electron chi connectivity index (χ2n) is 4.55. The Morgan fingerprint density at radius 1 is 1.23 bits per heavy atom. The number of hydrogen-bond acceptors (Lipinski definition) is 5. The van der Waals surface area contributed by atoms with Crippen molar-refractivity contribution in [2.45, 2.75) is 20.0 Å². The number of aromatic nitrogens is 4. The van der Waals surface area contributed by atoms with E-state index in [1.807, 2.05) is 19.1 Å². The summed E-state index contributed by atoms with van der Waals surface area (Å²) in [5.74, 6) is 1.86. The molecule has 1 aromatic carbocycles. The van der Waals surface area contributed by atoms with Gasteiger partial charge < -0.3 is 9.73 Å². The Kier molecular flexibility index (Phi) is 4.31. The second-order valence-corrected chi connectivity index (χ2v) is 5.39. The van der Waals surface area contributed by atoms with Crippen LogP contribution in [0.5, 0.6) is 0 Å². The number of nitrogens with zero attached hydrogens (tertiary/aromatic N) is 4. The molecule has 0 atom stereocenters. The van der Waals surface area contributed by atoms with Crippen LogP contribution < -0.4 is 5.32 Å². The summed E-state index contributed by atoms with van der Waals surface area (Å²) in [6.07, 6.45) is 0. The summed E-state index contributed by atoms with van der Waals surface area (Å²) in [6, 6.07) is 8.97. The molecule has 0 aliphatic carbocycles. The van der Waals surface area contributed by atoms with Crippen LogP contribution in [0.4, 0.5) is 5.95 Å². The highest BCUT2D eigenvalue weighted by atomic mass is 35.5. The highest BCUT2D eigenvalue weighted by molar-refractivity contribution is 6.35. The molecule has 3 rings (SSSR count). The Morgan fingerprint density at radius 3 is 2.86 bits per heavy atom. The van der Waals surface area contributed by atoms with Crippen molar-refractivity contribution in [3.63, 3.8) is 0 Å². The summed E-state index contributed by atoms with van der Waals surface area (Å²) >= 11 is 12.2. The lowest BCUT2D eigenvalue weighted by molar-refractivity contribution is 0.530. The van der Waals surface area contributed by atoms with Crippen molar-refractivity contribution < 1.29 is 4.42 Å². The summed E-state index contributed by atoms with van der Waals surface area (Å²) in [6.45, 7) is 3.07. The fourth-order valence-corrected chi connectivity index (χ4v) is 2.30. The SMILES string of the molecule is CCn1nnc(NCc2ccc(-c3cc(Cl)ccc3Cl)o2)n1. The molecule has 1 N–H and O–H groups in total. The van der Waals surface area contributed by atoms with E-state index in [1.165, 1.54) is 4.80 Å². The maximum atomic E-state index is 6.17. The average Bonchev–Trinajstić information content (AvgIpc) is 3.16. The lowest BCUT2D eigenvalue weighted by Gasteiger charge is -2.02. The van der Waals surface area contributed by atoms with Gasteiger partial charge in [-0.2, -0.15) is 4.80 Å². The zero-order chi connectivity index (χ0) is 15.5. The quantitative estimate of drug-likeness (QED) is 0.765. The van der Waals surface area contributed by atoms with E-state index in [9.17, 15) is 0 Å². The molecular formula is C14H13Cl2N5O. The minimum atomic E-state index is 0.452. The van der Waals surface area contributed by atoms with E-state index in [0.717, 1.165) is 11.3 Å². The molecule has 0 saturated carbocycles. The van der Waals surface area contributed by atoms with Crippen molar-refractivity contribution in [1.29, 1.82) is 0 Å². The summed E-state index contributed by atoms with van der Waals surface area (Å²) < 4.78 is 5.77. The maximum Gasteiger partial charge on any atom is 0.263 e. The first-order chi connectivity index (χ1) is 10.7. The van der Waals surface area contributed by atoms with Gasteiger partial charge in [0.2, 0.25) is 0 Å². The highest BCUT2D eigenvalue weighted by Gasteiger charge is 2.10. The second kappa shape index (κ2) is 6.37. The van der Waals surface area contributed by atoms with Crippen LogP contribution in [0.1, 0.15) is 12.7 Å². The number of hydrogen-bond donors (Lipinski definition) is 1. The summed E-state index contributed by atoms with van der Waals surface area (Å²) in [5.41, 5.74) is 0.760. The molecule has 0 spiro atoms. The molecule has 0 amide bonds. The van der Waals surface area contributed by atoms with Crippen molar-refractivity contribution >= 4 is 29.2 Å². The van der Waals surface area contributed by atoms with Gasteiger partial charge in [0.25, 0.3) is 5.95 Å². The van der Waals surface area contributed by atoms with Crippen molar-refractivity contribution in [2.24, 2.45) is 0 Å². The first kappa shape index (κ1) is 14.9. The van der Waals surface area contributed by atoms with E-state index in [1.54, 1.807) is 18.2 Å². The van der Waals surface area contributed by atoms with Crippen LogP contribution in [0.2, 0.25) is 10.0 Å². The molecule has 22 heavy (non-hydrogen) atoms. The Morgan fingerprint density at radius 2 is 2.09 bits per heavy atom. The predicted octanol–water partition coefficient (Wildman–Crippen LogP) is 3.87. The van der Waals surface area contributed by atoms with Gasteiger partial charge in [-0.05, 0) is 42.5 Å². The van der Waals surface area contributed by atoms with Gasteiger partial charge in [0.15, 0.2) is 0 Å². The lowest BCUT2D eigenvalue weighted by Crippen LogP contribution is -2.02. The molecule has 114 valence electrons. The molecule has 2 aromatic heterocycles. The summed E-state index contributed by atoms with van der Waals surface area (Å²) in [4.78, 5) is 1.50. The minimum absolute atomic E-state index is 0.452. The molecule has 0 aliphatic heterocycles. The van der Waals surface area contributed by atoms with E-state index >= 15 is 0 Å². The standard InChI is InChI=1S/C14H13Cl2N5O/c1-2-21-19-14(18-20-21)17-8-10-4-6-13(22-10)11-7-9(15)3-5-12(11)16/h3-7H,2,8H2,1H3,(H,17,19). The number of nitrogens with one attached hydrogen (secondary N) is 1. The third-order valence-electron chi connectivity index (χ3n) is 3.01. The predicted molar refractivity (Wildman–Crippen MR) is 85.0 cm³/mol. The van der Waals surface area contributed by atoms with E-state index in [-0.39, 0.29) is 0 Å². The zero-order valence-electron chi connectivity index (χ0n) is 11.8. The van der Waals surface area contributed by atoms with Crippen LogP contribution in [0.3, 0.4) is 0 Å². The molecule has 3 aromatic rings. The molecule has 0 fully saturated rings. The number of furan rings is 1. The first-order valence-electron chi connectivity index (χ1n) is 6.71. The lowest BCUT2D eigenvalue weighted by atomic mass is 10.2. The molecule has 0 saturated heterocycles. The van der Waals surface area contributed by atoms with Gasteiger partial charge in [0.05, 0.1) is 18.1 Å². The smallest absolute Gasteiger partial charge is 0.263 e. The van der Waals surface area contributed by atoms with Gasteiger partial charge >= 0.3 is 0 Å². The van der Waals surface area contributed by atoms with E-state index < -0.39 is 0 Å².